The van der Waals surface area contributed by atoms with Gasteiger partial charge in [-0.3, -0.25) is 19.4 Å². The van der Waals surface area contributed by atoms with Crippen LogP contribution in [0, 0.1) is 0 Å². The van der Waals surface area contributed by atoms with Crippen LogP contribution < -0.4 is 10.6 Å². The van der Waals surface area contributed by atoms with Crippen molar-refractivity contribution in [1.82, 2.24) is 20.5 Å². The number of pyridine rings is 1. The van der Waals surface area contributed by atoms with Gasteiger partial charge in [0.05, 0.1) is 6.26 Å². The van der Waals surface area contributed by atoms with E-state index >= 15 is 0 Å². The molecule has 2 atom stereocenters. The number of carbonyl (C=O) groups excluding carboxylic acids is 3. The summed E-state index contributed by atoms with van der Waals surface area (Å²) < 4.78 is 5.18. The van der Waals surface area contributed by atoms with Crippen LogP contribution in [0.15, 0.2) is 71.6 Å². The van der Waals surface area contributed by atoms with E-state index in [0.717, 1.165) is 11.1 Å². The molecule has 4 rings (SSSR count). The fourth-order valence-electron chi connectivity index (χ4n) is 4.23. The van der Waals surface area contributed by atoms with Crippen molar-refractivity contribution in [2.75, 3.05) is 13.1 Å². The van der Waals surface area contributed by atoms with Gasteiger partial charge in [0.25, 0.3) is 5.91 Å². The van der Waals surface area contributed by atoms with Crippen LogP contribution in [0.1, 0.15) is 34.5 Å². The standard InChI is InChI=1S/C26H27ClN4O4/c27-20-8-2-1-7-19(20)11-13-29-24(32)22-9-4-14-31(22)26(34)21(16-18-6-3-12-28-17-18)30-25(33)23-10-5-15-35-23/h1-3,5-8,10,12,15,17,21-22H,4,9,11,13-14,16H2,(H,29,32)(H,30,33)/t21-,22-/m0/s1. The number of benzene rings is 1. The molecule has 0 aliphatic carbocycles. The molecule has 1 saturated heterocycles. The van der Waals surface area contributed by atoms with Gasteiger partial charge in [0.2, 0.25) is 11.8 Å². The summed E-state index contributed by atoms with van der Waals surface area (Å²) in [5, 5.41) is 6.37. The molecule has 3 aromatic rings. The second-order valence-corrected chi connectivity index (χ2v) is 8.80. The normalized spacial score (nSPS) is 16.0. The highest BCUT2D eigenvalue weighted by atomic mass is 35.5. The predicted octanol–water partition coefficient (Wildman–Crippen LogP) is 3.02. The Balaban J connectivity index is 1.43. The molecule has 8 nitrogen and oxygen atoms in total. The smallest absolute Gasteiger partial charge is 0.287 e. The number of hydrogen-bond donors (Lipinski definition) is 2. The fourth-order valence-corrected chi connectivity index (χ4v) is 4.46. The minimum absolute atomic E-state index is 0.115. The van der Waals surface area contributed by atoms with Gasteiger partial charge in [-0.25, -0.2) is 0 Å². The van der Waals surface area contributed by atoms with E-state index < -0.39 is 18.0 Å². The minimum atomic E-state index is -0.867. The number of carbonyl (C=O) groups is 3. The van der Waals surface area contributed by atoms with Crippen LogP contribution in [0.2, 0.25) is 5.02 Å². The third-order valence-corrected chi connectivity index (χ3v) is 6.37. The zero-order valence-electron chi connectivity index (χ0n) is 19.2. The van der Waals surface area contributed by atoms with E-state index in [0.29, 0.717) is 37.4 Å². The maximum Gasteiger partial charge on any atom is 0.287 e. The van der Waals surface area contributed by atoms with Gasteiger partial charge in [0.1, 0.15) is 12.1 Å². The molecule has 0 radical (unpaired) electrons. The highest BCUT2D eigenvalue weighted by molar-refractivity contribution is 6.31. The first-order chi connectivity index (χ1) is 17.0. The van der Waals surface area contributed by atoms with Crippen LogP contribution >= 0.6 is 11.6 Å². The van der Waals surface area contributed by atoms with Crippen molar-refractivity contribution < 1.29 is 18.8 Å². The van der Waals surface area contributed by atoms with Gasteiger partial charge in [-0.2, -0.15) is 0 Å². The molecule has 0 saturated carbocycles. The number of furan rings is 1. The lowest BCUT2D eigenvalue weighted by molar-refractivity contribution is -0.139. The van der Waals surface area contributed by atoms with Crippen LogP contribution in [-0.2, 0) is 22.4 Å². The molecular formula is C26H27ClN4O4. The minimum Gasteiger partial charge on any atom is -0.459 e. The number of nitrogens with zero attached hydrogens (tertiary/aromatic N) is 2. The van der Waals surface area contributed by atoms with Crippen molar-refractivity contribution in [2.24, 2.45) is 0 Å². The van der Waals surface area contributed by atoms with Crippen LogP contribution in [-0.4, -0.2) is 52.8 Å². The Hall–Kier alpha value is -3.65. The molecule has 2 aromatic heterocycles. The number of rotatable bonds is 9. The quantitative estimate of drug-likeness (QED) is 0.476. The third-order valence-electron chi connectivity index (χ3n) is 6.00. The fraction of sp³-hybridized carbons (Fsp3) is 0.308. The maximum absolute atomic E-state index is 13.6. The van der Waals surface area contributed by atoms with Crippen molar-refractivity contribution in [3.63, 3.8) is 0 Å². The summed E-state index contributed by atoms with van der Waals surface area (Å²) >= 11 is 6.20. The summed E-state index contributed by atoms with van der Waals surface area (Å²) in [6, 6.07) is 12.8. The summed E-state index contributed by atoms with van der Waals surface area (Å²) in [6.07, 6.45) is 6.81. The van der Waals surface area contributed by atoms with Gasteiger partial charge in [-0.1, -0.05) is 35.9 Å². The first kappa shape index (κ1) is 24.5. The zero-order chi connectivity index (χ0) is 24.6. The van der Waals surface area contributed by atoms with Gasteiger partial charge in [-0.05, 0) is 54.7 Å². The molecule has 9 heteroatoms. The first-order valence-electron chi connectivity index (χ1n) is 11.6. The van der Waals surface area contributed by atoms with Crippen molar-refractivity contribution in [2.45, 2.75) is 37.8 Å². The van der Waals surface area contributed by atoms with Crippen LogP contribution in [0.4, 0.5) is 0 Å². The summed E-state index contributed by atoms with van der Waals surface area (Å²) in [5.74, 6) is -0.889. The molecular weight excluding hydrogens is 468 g/mol. The maximum atomic E-state index is 13.6. The summed E-state index contributed by atoms with van der Waals surface area (Å²) in [6.45, 7) is 0.858. The first-order valence-corrected chi connectivity index (χ1v) is 12.0. The summed E-state index contributed by atoms with van der Waals surface area (Å²) in [7, 11) is 0. The van der Waals surface area contributed by atoms with E-state index in [4.69, 9.17) is 16.0 Å². The molecule has 0 spiro atoms. The van der Waals surface area contributed by atoms with E-state index in [2.05, 4.69) is 15.6 Å². The Kier molecular flexibility index (Phi) is 8.15. The molecule has 3 heterocycles. The molecule has 1 fully saturated rings. The molecule has 2 N–H and O–H groups in total. The van der Waals surface area contributed by atoms with Gasteiger partial charge in [0.15, 0.2) is 5.76 Å². The second kappa shape index (κ2) is 11.7. The van der Waals surface area contributed by atoms with Crippen LogP contribution in [0.3, 0.4) is 0 Å². The Bertz CT molecular complexity index is 1150. The van der Waals surface area contributed by atoms with Gasteiger partial charge < -0.3 is 20.0 Å². The summed E-state index contributed by atoms with van der Waals surface area (Å²) in [4.78, 5) is 44.9. The van der Waals surface area contributed by atoms with Crippen molar-refractivity contribution in [1.29, 1.82) is 0 Å². The van der Waals surface area contributed by atoms with Gasteiger partial charge in [0, 0.05) is 36.9 Å². The SMILES string of the molecule is O=C(N[C@@H](Cc1cccnc1)C(=O)N1CCC[C@H]1C(=O)NCCc1ccccc1Cl)c1ccco1. The monoisotopic (exact) mass is 494 g/mol. The molecule has 35 heavy (non-hydrogen) atoms. The van der Waals surface area contributed by atoms with E-state index in [1.807, 2.05) is 30.3 Å². The van der Waals surface area contributed by atoms with Crippen molar-refractivity contribution >= 4 is 29.3 Å². The Morgan fingerprint density at radius 1 is 1.14 bits per heavy atom. The molecule has 0 unspecified atom stereocenters. The van der Waals surface area contributed by atoms with Gasteiger partial charge >= 0.3 is 0 Å². The van der Waals surface area contributed by atoms with E-state index in [-0.39, 0.29) is 24.0 Å². The lowest BCUT2D eigenvalue weighted by atomic mass is 10.1. The average Bonchev–Trinajstić information content (AvgIpc) is 3.58. The number of nitrogens with one attached hydrogen (secondary N) is 2. The third kappa shape index (κ3) is 6.27. The Morgan fingerprint density at radius 3 is 2.74 bits per heavy atom. The number of amides is 3. The molecule has 3 amide bonds. The van der Waals surface area contributed by atoms with Gasteiger partial charge in [-0.15, -0.1) is 0 Å². The Morgan fingerprint density at radius 2 is 2.00 bits per heavy atom. The molecule has 1 aromatic carbocycles. The van der Waals surface area contributed by atoms with Crippen LogP contribution in [0.5, 0.6) is 0 Å². The average molecular weight is 495 g/mol. The topological polar surface area (TPSA) is 105 Å². The molecule has 1 aliphatic heterocycles. The number of likely N-dealkylation sites (tertiary alicyclic amines) is 1. The second-order valence-electron chi connectivity index (χ2n) is 8.39. The van der Waals surface area contributed by atoms with Crippen molar-refractivity contribution in [3.8, 4) is 0 Å². The van der Waals surface area contributed by atoms with E-state index in [1.54, 1.807) is 29.4 Å². The zero-order valence-corrected chi connectivity index (χ0v) is 19.9. The molecule has 1 aliphatic rings. The summed E-state index contributed by atoms with van der Waals surface area (Å²) in [5.41, 5.74) is 1.75. The number of hydrogen-bond acceptors (Lipinski definition) is 5. The van der Waals surface area contributed by atoms with Crippen LogP contribution in [0.25, 0.3) is 0 Å². The lowest BCUT2D eigenvalue weighted by Crippen LogP contribution is -2.54. The van der Waals surface area contributed by atoms with E-state index in [1.165, 1.54) is 12.3 Å². The molecule has 0 bridgehead atoms. The van der Waals surface area contributed by atoms with Crippen molar-refractivity contribution in [3.05, 3.63) is 89.1 Å². The largest absolute Gasteiger partial charge is 0.459 e. The highest BCUT2D eigenvalue weighted by Gasteiger charge is 2.37. The highest BCUT2D eigenvalue weighted by Crippen LogP contribution is 2.20. The molecule has 182 valence electrons. The number of halogens is 1. The predicted molar refractivity (Wildman–Crippen MR) is 131 cm³/mol. The number of aromatic nitrogens is 1. The Labute approximate surface area is 208 Å². The lowest BCUT2D eigenvalue weighted by Gasteiger charge is -2.28. The van der Waals surface area contributed by atoms with E-state index in [9.17, 15) is 14.4 Å².